The van der Waals surface area contributed by atoms with Crippen molar-refractivity contribution in [3.05, 3.63) is 36.0 Å². The smallest absolute Gasteiger partial charge is 0.309 e. The third-order valence-electron chi connectivity index (χ3n) is 3.25. The summed E-state index contributed by atoms with van der Waals surface area (Å²) in [6.45, 7) is 3.45. The van der Waals surface area contributed by atoms with Crippen molar-refractivity contribution in [2.75, 3.05) is 7.11 Å². The number of rotatable bonds is 4. The van der Waals surface area contributed by atoms with Gasteiger partial charge in [0.05, 0.1) is 12.5 Å². The molecule has 0 saturated heterocycles. The number of carboxylic acids is 1. The van der Waals surface area contributed by atoms with Crippen LogP contribution in [0.15, 0.2) is 30.5 Å². The first-order valence-electron chi connectivity index (χ1n) is 6.10. The first kappa shape index (κ1) is 13.3. The van der Waals surface area contributed by atoms with Crippen molar-refractivity contribution in [1.29, 1.82) is 0 Å². The van der Waals surface area contributed by atoms with E-state index in [1.807, 2.05) is 24.3 Å². The number of nitrogens with zero attached hydrogens (tertiary/aromatic N) is 1. The minimum absolute atomic E-state index is 0.453. The monoisotopic (exact) mass is 259 g/mol. The standard InChI is InChI=1S/C15H17NO3/c1-15(2,14(17)18)9-10-6-7-12(19-3)13-11(10)5-4-8-16-13/h4-8H,9H2,1-3H3,(H,17,18). The molecular weight excluding hydrogens is 242 g/mol. The first-order chi connectivity index (χ1) is 8.95. The molecule has 4 nitrogen and oxygen atoms in total. The predicted octanol–water partition coefficient (Wildman–Crippen LogP) is 2.90. The number of hydrogen-bond donors (Lipinski definition) is 1. The summed E-state index contributed by atoms with van der Waals surface area (Å²) in [5.74, 6) is -0.104. The van der Waals surface area contributed by atoms with Gasteiger partial charge in [-0.15, -0.1) is 0 Å². The third-order valence-corrected chi connectivity index (χ3v) is 3.25. The van der Waals surface area contributed by atoms with E-state index in [1.165, 1.54) is 0 Å². The summed E-state index contributed by atoms with van der Waals surface area (Å²) in [6, 6.07) is 7.54. The van der Waals surface area contributed by atoms with E-state index < -0.39 is 11.4 Å². The summed E-state index contributed by atoms with van der Waals surface area (Å²) in [5.41, 5.74) is 0.928. The number of carboxylic acid groups (broad SMARTS) is 1. The third kappa shape index (κ3) is 2.52. The Morgan fingerprint density at radius 2 is 2.11 bits per heavy atom. The van der Waals surface area contributed by atoms with Crippen LogP contribution >= 0.6 is 0 Å². The van der Waals surface area contributed by atoms with Crippen LogP contribution in [0.1, 0.15) is 19.4 Å². The fourth-order valence-corrected chi connectivity index (χ4v) is 2.08. The zero-order chi connectivity index (χ0) is 14.0. The molecule has 0 unspecified atom stereocenters. The van der Waals surface area contributed by atoms with Crippen LogP contribution in [0.3, 0.4) is 0 Å². The second-order valence-corrected chi connectivity index (χ2v) is 5.19. The minimum Gasteiger partial charge on any atom is -0.494 e. The fourth-order valence-electron chi connectivity index (χ4n) is 2.08. The van der Waals surface area contributed by atoms with Crippen LogP contribution in [0, 0.1) is 5.41 Å². The number of methoxy groups -OCH3 is 1. The number of aliphatic carboxylic acids is 1. The molecule has 0 bridgehead atoms. The van der Waals surface area contributed by atoms with Gasteiger partial charge in [0.2, 0.25) is 0 Å². The molecule has 0 radical (unpaired) electrons. The summed E-state index contributed by atoms with van der Waals surface area (Å²) >= 11 is 0. The van der Waals surface area contributed by atoms with E-state index >= 15 is 0 Å². The largest absolute Gasteiger partial charge is 0.494 e. The van der Waals surface area contributed by atoms with Gasteiger partial charge in [-0.3, -0.25) is 9.78 Å². The van der Waals surface area contributed by atoms with Crippen molar-refractivity contribution in [2.24, 2.45) is 5.41 Å². The molecular formula is C15H17NO3. The maximum absolute atomic E-state index is 11.2. The fraction of sp³-hybridized carbons (Fsp3) is 0.333. The zero-order valence-corrected chi connectivity index (χ0v) is 11.3. The average Bonchev–Trinajstić information content (AvgIpc) is 2.38. The molecule has 1 heterocycles. The lowest BCUT2D eigenvalue weighted by Gasteiger charge is -2.20. The molecule has 0 aliphatic carbocycles. The van der Waals surface area contributed by atoms with Crippen LogP contribution in [-0.4, -0.2) is 23.2 Å². The number of fused-ring (bicyclic) bond motifs is 1. The molecule has 4 heteroatoms. The molecule has 1 aromatic heterocycles. The first-order valence-corrected chi connectivity index (χ1v) is 6.10. The molecule has 2 aromatic rings. The van der Waals surface area contributed by atoms with Crippen LogP contribution < -0.4 is 4.74 Å². The predicted molar refractivity (Wildman–Crippen MR) is 73.4 cm³/mol. The number of benzene rings is 1. The zero-order valence-electron chi connectivity index (χ0n) is 11.3. The average molecular weight is 259 g/mol. The van der Waals surface area contributed by atoms with Gasteiger partial charge in [-0.1, -0.05) is 12.1 Å². The summed E-state index contributed by atoms with van der Waals surface area (Å²) in [4.78, 5) is 15.6. The molecule has 0 aliphatic heterocycles. The van der Waals surface area contributed by atoms with Crippen LogP contribution in [0.2, 0.25) is 0 Å². The number of hydrogen-bond acceptors (Lipinski definition) is 3. The lowest BCUT2D eigenvalue weighted by molar-refractivity contribution is -0.146. The highest BCUT2D eigenvalue weighted by Crippen LogP contribution is 2.31. The maximum Gasteiger partial charge on any atom is 0.309 e. The lowest BCUT2D eigenvalue weighted by atomic mass is 9.84. The topological polar surface area (TPSA) is 59.4 Å². The molecule has 0 fully saturated rings. The van der Waals surface area contributed by atoms with Crippen molar-refractivity contribution in [3.8, 4) is 5.75 Å². The van der Waals surface area contributed by atoms with Gasteiger partial charge in [0.1, 0.15) is 11.3 Å². The van der Waals surface area contributed by atoms with Gasteiger partial charge in [-0.2, -0.15) is 0 Å². The van der Waals surface area contributed by atoms with Gasteiger partial charge in [0.15, 0.2) is 0 Å². The summed E-state index contributed by atoms with van der Waals surface area (Å²) in [6.07, 6.45) is 2.16. The lowest BCUT2D eigenvalue weighted by Crippen LogP contribution is -2.26. The van der Waals surface area contributed by atoms with Gasteiger partial charge >= 0.3 is 5.97 Å². The van der Waals surface area contributed by atoms with E-state index in [9.17, 15) is 9.90 Å². The highest BCUT2D eigenvalue weighted by molar-refractivity contribution is 5.88. The molecule has 0 spiro atoms. The molecule has 0 aliphatic rings. The molecule has 2 rings (SSSR count). The van der Waals surface area contributed by atoms with E-state index in [2.05, 4.69) is 4.98 Å². The van der Waals surface area contributed by atoms with Crippen molar-refractivity contribution in [1.82, 2.24) is 4.98 Å². The van der Waals surface area contributed by atoms with Crippen LogP contribution in [-0.2, 0) is 11.2 Å². The van der Waals surface area contributed by atoms with Crippen LogP contribution in [0.25, 0.3) is 10.9 Å². The quantitative estimate of drug-likeness (QED) is 0.917. The highest BCUT2D eigenvalue weighted by Gasteiger charge is 2.28. The second kappa shape index (κ2) is 4.88. The van der Waals surface area contributed by atoms with Gasteiger partial charge < -0.3 is 9.84 Å². The molecule has 0 amide bonds. The Morgan fingerprint density at radius 1 is 1.37 bits per heavy atom. The Labute approximate surface area is 112 Å². The van der Waals surface area contributed by atoms with E-state index in [4.69, 9.17) is 4.74 Å². The Hall–Kier alpha value is -2.10. The van der Waals surface area contributed by atoms with Crippen molar-refractivity contribution >= 4 is 16.9 Å². The van der Waals surface area contributed by atoms with Crippen LogP contribution in [0.4, 0.5) is 0 Å². The molecule has 1 N–H and O–H groups in total. The SMILES string of the molecule is COc1ccc(CC(C)(C)C(=O)O)c2cccnc12. The van der Waals surface area contributed by atoms with E-state index in [0.29, 0.717) is 12.2 Å². The Kier molecular flexibility index (Phi) is 3.42. The normalized spacial score (nSPS) is 11.5. The van der Waals surface area contributed by atoms with E-state index in [1.54, 1.807) is 27.2 Å². The summed E-state index contributed by atoms with van der Waals surface area (Å²) in [5, 5.41) is 10.2. The summed E-state index contributed by atoms with van der Waals surface area (Å²) in [7, 11) is 1.60. The van der Waals surface area contributed by atoms with E-state index in [0.717, 1.165) is 16.5 Å². The number of carbonyl (C=O) groups is 1. The minimum atomic E-state index is -0.808. The summed E-state index contributed by atoms with van der Waals surface area (Å²) < 4.78 is 5.28. The molecule has 0 saturated carbocycles. The van der Waals surface area contributed by atoms with Crippen molar-refractivity contribution in [3.63, 3.8) is 0 Å². The molecule has 19 heavy (non-hydrogen) atoms. The van der Waals surface area contributed by atoms with Gasteiger partial charge in [0, 0.05) is 11.6 Å². The van der Waals surface area contributed by atoms with Crippen LogP contribution in [0.5, 0.6) is 5.75 Å². The number of ether oxygens (including phenoxy) is 1. The van der Waals surface area contributed by atoms with Gasteiger partial charge in [-0.25, -0.2) is 0 Å². The Morgan fingerprint density at radius 3 is 2.74 bits per heavy atom. The highest BCUT2D eigenvalue weighted by atomic mass is 16.5. The van der Waals surface area contributed by atoms with E-state index in [-0.39, 0.29) is 0 Å². The molecule has 100 valence electrons. The second-order valence-electron chi connectivity index (χ2n) is 5.19. The van der Waals surface area contributed by atoms with Gasteiger partial charge in [0.25, 0.3) is 0 Å². The van der Waals surface area contributed by atoms with Crippen molar-refractivity contribution in [2.45, 2.75) is 20.3 Å². The molecule has 1 aromatic carbocycles. The molecule has 0 atom stereocenters. The Bertz CT molecular complexity index is 620. The number of pyridine rings is 1. The van der Waals surface area contributed by atoms with Crippen molar-refractivity contribution < 1.29 is 14.6 Å². The number of aromatic nitrogens is 1. The Balaban J connectivity index is 2.54. The van der Waals surface area contributed by atoms with Gasteiger partial charge in [-0.05, 0) is 38.0 Å². The maximum atomic E-state index is 11.2.